The fourth-order valence-electron chi connectivity index (χ4n) is 2.04. The highest BCUT2D eigenvalue weighted by molar-refractivity contribution is 5.76. The topological polar surface area (TPSA) is 84.9 Å². The third-order valence-electron chi connectivity index (χ3n) is 3.14. The maximum Gasteiger partial charge on any atom is 0.303 e. The minimum absolute atomic E-state index is 0.0946. The van der Waals surface area contributed by atoms with E-state index in [1.165, 1.54) is 0 Å². The molecule has 1 atom stereocenters. The molecule has 6 heteroatoms. The molecule has 2 N–H and O–H groups in total. The Hall–Kier alpha value is -2.24. The van der Waals surface area contributed by atoms with Crippen LogP contribution in [0.5, 0.6) is 11.5 Å². The molecule has 2 rings (SSSR count). The van der Waals surface area contributed by atoms with Gasteiger partial charge < -0.3 is 19.9 Å². The molecule has 0 bridgehead atoms. The lowest BCUT2D eigenvalue weighted by Gasteiger charge is -2.26. The second kappa shape index (κ2) is 7.52. The SMILES string of the molecule is O=C(O)CCCCC(=O)NCC1COc2ccccc2O1. The summed E-state index contributed by atoms with van der Waals surface area (Å²) in [4.78, 5) is 22.0. The molecule has 0 spiro atoms. The normalized spacial score (nSPS) is 16.3. The maximum absolute atomic E-state index is 11.6. The number of aliphatic carboxylic acids is 1. The highest BCUT2D eigenvalue weighted by Gasteiger charge is 2.20. The first-order valence-electron chi connectivity index (χ1n) is 7.02. The number of unbranched alkanes of at least 4 members (excludes halogenated alkanes) is 1. The fourth-order valence-corrected chi connectivity index (χ4v) is 2.04. The van der Waals surface area contributed by atoms with Crippen molar-refractivity contribution in [3.05, 3.63) is 24.3 Å². The number of carboxylic acids is 1. The number of hydrogen-bond donors (Lipinski definition) is 2. The summed E-state index contributed by atoms with van der Waals surface area (Å²) in [5.41, 5.74) is 0. The van der Waals surface area contributed by atoms with Crippen molar-refractivity contribution < 1.29 is 24.2 Å². The van der Waals surface area contributed by atoms with Crippen LogP contribution in [0.3, 0.4) is 0 Å². The van der Waals surface area contributed by atoms with Gasteiger partial charge >= 0.3 is 5.97 Å². The van der Waals surface area contributed by atoms with Crippen molar-refractivity contribution in [2.45, 2.75) is 31.8 Å². The zero-order chi connectivity index (χ0) is 15.1. The van der Waals surface area contributed by atoms with E-state index < -0.39 is 5.97 Å². The Balaban J connectivity index is 1.65. The number of rotatable bonds is 7. The van der Waals surface area contributed by atoms with Crippen molar-refractivity contribution in [2.24, 2.45) is 0 Å². The Kier molecular flexibility index (Phi) is 5.43. The van der Waals surface area contributed by atoms with E-state index in [0.29, 0.717) is 43.9 Å². The number of carbonyl (C=O) groups excluding carboxylic acids is 1. The van der Waals surface area contributed by atoms with E-state index >= 15 is 0 Å². The van der Waals surface area contributed by atoms with Gasteiger partial charge in [-0.05, 0) is 25.0 Å². The monoisotopic (exact) mass is 293 g/mol. The van der Waals surface area contributed by atoms with Crippen LogP contribution in [0.2, 0.25) is 0 Å². The molecular formula is C15H19NO5. The molecule has 0 aromatic heterocycles. The van der Waals surface area contributed by atoms with Crippen LogP contribution in [0.25, 0.3) is 0 Å². The van der Waals surface area contributed by atoms with Gasteiger partial charge in [-0.2, -0.15) is 0 Å². The second-order valence-electron chi connectivity index (χ2n) is 4.90. The first-order chi connectivity index (χ1) is 10.1. The van der Waals surface area contributed by atoms with Crippen molar-refractivity contribution in [3.63, 3.8) is 0 Å². The van der Waals surface area contributed by atoms with Crippen molar-refractivity contribution in [3.8, 4) is 11.5 Å². The highest BCUT2D eigenvalue weighted by atomic mass is 16.6. The smallest absolute Gasteiger partial charge is 0.303 e. The Bertz CT molecular complexity index is 503. The predicted octanol–water partition coefficient (Wildman–Crippen LogP) is 1.59. The summed E-state index contributed by atoms with van der Waals surface area (Å²) in [5, 5.41) is 11.3. The van der Waals surface area contributed by atoms with Gasteiger partial charge in [0, 0.05) is 12.8 Å². The van der Waals surface area contributed by atoms with E-state index in [4.69, 9.17) is 14.6 Å². The third-order valence-corrected chi connectivity index (χ3v) is 3.14. The van der Waals surface area contributed by atoms with Crippen molar-refractivity contribution in [1.82, 2.24) is 5.32 Å². The summed E-state index contributed by atoms with van der Waals surface area (Å²) in [6, 6.07) is 7.41. The van der Waals surface area contributed by atoms with Crippen LogP contribution in [0, 0.1) is 0 Å². The van der Waals surface area contributed by atoms with E-state index in [1.807, 2.05) is 24.3 Å². The number of carboxylic acid groups (broad SMARTS) is 1. The number of carbonyl (C=O) groups is 2. The van der Waals surface area contributed by atoms with E-state index in [1.54, 1.807) is 0 Å². The van der Waals surface area contributed by atoms with Crippen molar-refractivity contribution >= 4 is 11.9 Å². The van der Waals surface area contributed by atoms with Gasteiger partial charge in [0.25, 0.3) is 0 Å². The van der Waals surface area contributed by atoms with Crippen LogP contribution in [0.4, 0.5) is 0 Å². The Morgan fingerprint density at radius 3 is 2.67 bits per heavy atom. The lowest BCUT2D eigenvalue weighted by Crippen LogP contribution is -2.40. The number of ether oxygens (including phenoxy) is 2. The average Bonchev–Trinajstić information content (AvgIpc) is 2.49. The Morgan fingerprint density at radius 2 is 1.90 bits per heavy atom. The van der Waals surface area contributed by atoms with Gasteiger partial charge in [-0.25, -0.2) is 0 Å². The lowest BCUT2D eigenvalue weighted by molar-refractivity contribution is -0.137. The van der Waals surface area contributed by atoms with Gasteiger partial charge in [0.1, 0.15) is 12.7 Å². The van der Waals surface area contributed by atoms with Gasteiger partial charge in [0.2, 0.25) is 5.91 Å². The molecule has 6 nitrogen and oxygen atoms in total. The van der Waals surface area contributed by atoms with E-state index in [-0.39, 0.29) is 18.4 Å². The third kappa shape index (κ3) is 4.98. The number of benzene rings is 1. The zero-order valence-electron chi connectivity index (χ0n) is 11.7. The molecule has 0 saturated carbocycles. The van der Waals surface area contributed by atoms with Gasteiger partial charge in [-0.1, -0.05) is 12.1 Å². The second-order valence-corrected chi connectivity index (χ2v) is 4.90. The molecule has 0 fully saturated rings. The highest BCUT2D eigenvalue weighted by Crippen LogP contribution is 2.30. The van der Waals surface area contributed by atoms with Gasteiger partial charge in [0.15, 0.2) is 11.5 Å². The van der Waals surface area contributed by atoms with Gasteiger partial charge in [0.05, 0.1) is 6.54 Å². The Morgan fingerprint density at radius 1 is 1.19 bits per heavy atom. The van der Waals surface area contributed by atoms with Crippen LogP contribution < -0.4 is 14.8 Å². The summed E-state index contributed by atoms with van der Waals surface area (Å²) >= 11 is 0. The first kappa shape index (κ1) is 15.2. The maximum atomic E-state index is 11.6. The fraction of sp³-hybridized carbons (Fsp3) is 0.467. The average molecular weight is 293 g/mol. The van der Waals surface area contributed by atoms with E-state index in [0.717, 1.165) is 0 Å². The molecule has 114 valence electrons. The summed E-state index contributed by atoms with van der Waals surface area (Å²) in [7, 11) is 0. The number of amides is 1. The van der Waals surface area contributed by atoms with Gasteiger partial charge in [-0.15, -0.1) is 0 Å². The summed E-state index contributed by atoms with van der Waals surface area (Å²) in [6.45, 7) is 0.780. The van der Waals surface area contributed by atoms with E-state index in [9.17, 15) is 9.59 Å². The molecule has 1 aromatic carbocycles. The van der Waals surface area contributed by atoms with Crippen LogP contribution in [-0.4, -0.2) is 36.2 Å². The minimum atomic E-state index is -0.832. The molecule has 1 aromatic rings. The van der Waals surface area contributed by atoms with Crippen molar-refractivity contribution in [1.29, 1.82) is 0 Å². The van der Waals surface area contributed by atoms with E-state index in [2.05, 4.69) is 5.32 Å². The largest absolute Gasteiger partial charge is 0.486 e. The summed E-state index contributed by atoms with van der Waals surface area (Å²) in [5.74, 6) is 0.475. The Labute approximate surface area is 123 Å². The molecule has 1 heterocycles. The standard InChI is InChI=1S/C15H19NO5/c17-14(7-3-4-8-15(18)19)16-9-11-10-20-12-5-1-2-6-13(12)21-11/h1-2,5-6,11H,3-4,7-10H2,(H,16,17)(H,18,19). The molecule has 1 aliphatic rings. The first-order valence-corrected chi connectivity index (χ1v) is 7.02. The molecule has 1 unspecified atom stereocenters. The minimum Gasteiger partial charge on any atom is -0.486 e. The molecule has 0 saturated heterocycles. The molecule has 0 aliphatic carbocycles. The van der Waals surface area contributed by atoms with Gasteiger partial charge in [-0.3, -0.25) is 9.59 Å². The van der Waals surface area contributed by atoms with Crippen molar-refractivity contribution in [2.75, 3.05) is 13.2 Å². The number of nitrogens with one attached hydrogen (secondary N) is 1. The van der Waals surface area contributed by atoms with Crippen LogP contribution in [0.15, 0.2) is 24.3 Å². The molecular weight excluding hydrogens is 274 g/mol. The van der Waals surface area contributed by atoms with Crippen LogP contribution in [0.1, 0.15) is 25.7 Å². The molecule has 1 aliphatic heterocycles. The molecule has 0 radical (unpaired) electrons. The molecule has 1 amide bonds. The number of fused-ring (bicyclic) bond motifs is 1. The van der Waals surface area contributed by atoms with Crippen LogP contribution in [-0.2, 0) is 9.59 Å². The summed E-state index contributed by atoms with van der Waals surface area (Å²) < 4.78 is 11.3. The number of hydrogen-bond acceptors (Lipinski definition) is 4. The predicted molar refractivity (Wildman–Crippen MR) is 75.5 cm³/mol. The molecule has 21 heavy (non-hydrogen) atoms. The quantitative estimate of drug-likeness (QED) is 0.746. The van der Waals surface area contributed by atoms with Crippen LogP contribution >= 0.6 is 0 Å². The number of para-hydroxylation sites is 2. The zero-order valence-corrected chi connectivity index (χ0v) is 11.7. The summed E-state index contributed by atoms with van der Waals surface area (Å²) in [6.07, 6.45) is 1.31. The lowest BCUT2D eigenvalue weighted by atomic mass is 10.2.